The van der Waals surface area contributed by atoms with E-state index in [4.69, 9.17) is 5.11 Å². The van der Waals surface area contributed by atoms with Gasteiger partial charge in [0, 0.05) is 32.3 Å². The predicted molar refractivity (Wildman–Crippen MR) is 80.1 cm³/mol. The number of amides is 2. The Bertz CT molecular complexity index is 619. The number of carbonyl (C=O) groups is 3. The van der Waals surface area contributed by atoms with Gasteiger partial charge >= 0.3 is 5.97 Å². The Hall–Kier alpha value is -2.44. The molecule has 2 saturated heterocycles. The number of carboxylic acids is 1. The molecule has 0 aliphatic carbocycles. The van der Waals surface area contributed by atoms with E-state index in [2.05, 4.69) is 4.98 Å². The van der Waals surface area contributed by atoms with E-state index in [0.29, 0.717) is 26.1 Å². The van der Waals surface area contributed by atoms with Crippen LogP contribution in [0.2, 0.25) is 0 Å². The summed E-state index contributed by atoms with van der Waals surface area (Å²) in [4.78, 5) is 43.0. The van der Waals surface area contributed by atoms with Crippen LogP contribution < -0.4 is 0 Å². The summed E-state index contributed by atoms with van der Waals surface area (Å²) in [5.41, 5.74) is 0.793. The Morgan fingerprint density at radius 2 is 2.09 bits per heavy atom. The van der Waals surface area contributed by atoms with Crippen molar-refractivity contribution in [3.63, 3.8) is 0 Å². The molecule has 23 heavy (non-hydrogen) atoms. The number of aliphatic carboxylic acids is 1. The minimum absolute atomic E-state index is 0.0528. The summed E-state index contributed by atoms with van der Waals surface area (Å²) in [5.74, 6) is -1.88. The maximum absolute atomic E-state index is 12.5. The van der Waals surface area contributed by atoms with Crippen molar-refractivity contribution in [2.45, 2.75) is 19.4 Å². The molecule has 0 spiro atoms. The zero-order valence-electron chi connectivity index (χ0n) is 12.7. The monoisotopic (exact) mass is 317 g/mol. The molecule has 2 aliphatic rings. The van der Waals surface area contributed by atoms with E-state index >= 15 is 0 Å². The first-order chi connectivity index (χ1) is 11.0. The lowest BCUT2D eigenvalue weighted by Gasteiger charge is -2.20. The third-order valence-electron chi connectivity index (χ3n) is 4.49. The molecule has 1 aromatic heterocycles. The molecule has 0 unspecified atom stereocenters. The number of hydrogen-bond donors (Lipinski definition) is 1. The van der Waals surface area contributed by atoms with Crippen LogP contribution in [-0.2, 0) is 20.9 Å². The average molecular weight is 317 g/mol. The maximum Gasteiger partial charge on any atom is 0.308 e. The SMILES string of the molecule is O=C(O)[C@H]1CCN(C(=O)[C@H]2CC(=O)N(Cc3ccccn3)C2)C1. The van der Waals surface area contributed by atoms with Crippen LogP contribution in [0.3, 0.4) is 0 Å². The van der Waals surface area contributed by atoms with E-state index < -0.39 is 11.9 Å². The molecule has 1 aromatic rings. The molecular formula is C16H19N3O4. The number of pyridine rings is 1. The molecule has 0 bridgehead atoms. The summed E-state index contributed by atoms with van der Waals surface area (Å²) in [6.07, 6.45) is 2.36. The molecule has 3 rings (SSSR count). The van der Waals surface area contributed by atoms with Crippen LogP contribution in [0.1, 0.15) is 18.5 Å². The normalized spacial score (nSPS) is 24.3. The molecule has 0 saturated carbocycles. The van der Waals surface area contributed by atoms with Gasteiger partial charge in [0.2, 0.25) is 11.8 Å². The summed E-state index contributed by atoms with van der Waals surface area (Å²) in [5, 5.41) is 9.02. The molecule has 122 valence electrons. The fraction of sp³-hybridized carbons (Fsp3) is 0.500. The quantitative estimate of drug-likeness (QED) is 0.866. The standard InChI is InChI=1S/C16H19N3O4/c20-14-7-12(9-19(14)10-13-3-1-2-5-17-13)15(21)18-6-4-11(8-18)16(22)23/h1-3,5,11-12H,4,6-10H2,(H,22,23)/t11-,12-/m0/s1. The maximum atomic E-state index is 12.5. The highest BCUT2D eigenvalue weighted by Gasteiger charge is 2.39. The van der Waals surface area contributed by atoms with E-state index in [1.807, 2.05) is 18.2 Å². The lowest BCUT2D eigenvalue weighted by Crippen LogP contribution is -2.36. The van der Waals surface area contributed by atoms with Gasteiger partial charge in [0.25, 0.3) is 0 Å². The smallest absolute Gasteiger partial charge is 0.308 e. The first kappa shape index (κ1) is 15.5. The minimum atomic E-state index is -0.862. The number of carbonyl (C=O) groups excluding carboxylic acids is 2. The number of carboxylic acid groups (broad SMARTS) is 1. The Kier molecular flexibility index (Phi) is 4.27. The third-order valence-corrected chi connectivity index (χ3v) is 4.49. The lowest BCUT2D eigenvalue weighted by atomic mass is 10.1. The summed E-state index contributed by atoms with van der Waals surface area (Å²) in [7, 11) is 0. The number of likely N-dealkylation sites (tertiary alicyclic amines) is 2. The van der Waals surface area contributed by atoms with Gasteiger partial charge in [-0.05, 0) is 18.6 Å². The summed E-state index contributed by atoms with van der Waals surface area (Å²) in [6, 6.07) is 5.52. The number of rotatable bonds is 4. The molecule has 2 atom stereocenters. The van der Waals surface area contributed by atoms with Crippen LogP contribution in [-0.4, -0.2) is 57.3 Å². The second kappa shape index (κ2) is 6.36. The number of hydrogen-bond acceptors (Lipinski definition) is 4. The van der Waals surface area contributed by atoms with Gasteiger partial charge in [-0.15, -0.1) is 0 Å². The van der Waals surface area contributed by atoms with Gasteiger partial charge < -0.3 is 14.9 Å². The fourth-order valence-corrected chi connectivity index (χ4v) is 3.20. The van der Waals surface area contributed by atoms with Crippen molar-refractivity contribution >= 4 is 17.8 Å². The summed E-state index contributed by atoms with van der Waals surface area (Å²) in [6.45, 7) is 1.49. The molecule has 0 aromatic carbocycles. The predicted octanol–water partition coefficient (Wildman–Crippen LogP) is 0.363. The molecule has 1 N–H and O–H groups in total. The van der Waals surface area contributed by atoms with Gasteiger partial charge in [0.05, 0.1) is 24.1 Å². The highest BCUT2D eigenvalue weighted by Crippen LogP contribution is 2.25. The first-order valence-electron chi connectivity index (χ1n) is 7.74. The van der Waals surface area contributed by atoms with Crippen molar-refractivity contribution in [3.8, 4) is 0 Å². The van der Waals surface area contributed by atoms with E-state index in [-0.39, 0.29) is 30.7 Å². The van der Waals surface area contributed by atoms with Gasteiger partial charge in [0.15, 0.2) is 0 Å². The topological polar surface area (TPSA) is 90.8 Å². The van der Waals surface area contributed by atoms with Crippen molar-refractivity contribution in [1.29, 1.82) is 0 Å². The molecule has 7 heteroatoms. The zero-order valence-corrected chi connectivity index (χ0v) is 12.7. The van der Waals surface area contributed by atoms with Crippen LogP contribution in [0.15, 0.2) is 24.4 Å². The van der Waals surface area contributed by atoms with Crippen molar-refractivity contribution in [1.82, 2.24) is 14.8 Å². The highest BCUT2D eigenvalue weighted by molar-refractivity contribution is 5.89. The van der Waals surface area contributed by atoms with Gasteiger partial charge in [-0.3, -0.25) is 19.4 Å². The van der Waals surface area contributed by atoms with Gasteiger partial charge in [-0.25, -0.2) is 0 Å². The average Bonchev–Trinajstić information content (AvgIpc) is 3.16. The van der Waals surface area contributed by atoms with Gasteiger partial charge in [-0.2, -0.15) is 0 Å². The van der Waals surface area contributed by atoms with Crippen LogP contribution in [0.25, 0.3) is 0 Å². The molecule has 2 aliphatic heterocycles. The Morgan fingerprint density at radius 1 is 1.26 bits per heavy atom. The van der Waals surface area contributed by atoms with Gasteiger partial charge in [0.1, 0.15) is 0 Å². The number of nitrogens with zero attached hydrogens (tertiary/aromatic N) is 3. The van der Waals surface area contributed by atoms with Crippen molar-refractivity contribution < 1.29 is 19.5 Å². The van der Waals surface area contributed by atoms with Crippen molar-refractivity contribution in [3.05, 3.63) is 30.1 Å². The lowest BCUT2D eigenvalue weighted by molar-refractivity contribution is -0.141. The Morgan fingerprint density at radius 3 is 2.74 bits per heavy atom. The van der Waals surface area contributed by atoms with E-state index in [1.165, 1.54) is 0 Å². The first-order valence-corrected chi connectivity index (χ1v) is 7.74. The highest BCUT2D eigenvalue weighted by atomic mass is 16.4. The van der Waals surface area contributed by atoms with Crippen LogP contribution in [0.5, 0.6) is 0 Å². The molecule has 0 radical (unpaired) electrons. The zero-order chi connectivity index (χ0) is 16.4. The van der Waals surface area contributed by atoms with Gasteiger partial charge in [-0.1, -0.05) is 6.07 Å². The Labute approximate surface area is 133 Å². The second-order valence-electron chi connectivity index (χ2n) is 6.10. The Balaban J connectivity index is 1.59. The molecular weight excluding hydrogens is 298 g/mol. The summed E-state index contributed by atoms with van der Waals surface area (Å²) < 4.78 is 0. The van der Waals surface area contributed by atoms with Crippen molar-refractivity contribution in [2.24, 2.45) is 11.8 Å². The van der Waals surface area contributed by atoms with Crippen LogP contribution in [0, 0.1) is 11.8 Å². The van der Waals surface area contributed by atoms with E-state index in [1.54, 1.807) is 16.0 Å². The van der Waals surface area contributed by atoms with E-state index in [0.717, 1.165) is 5.69 Å². The third kappa shape index (κ3) is 3.33. The molecule has 3 heterocycles. The van der Waals surface area contributed by atoms with E-state index in [9.17, 15) is 14.4 Å². The van der Waals surface area contributed by atoms with Crippen LogP contribution >= 0.6 is 0 Å². The molecule has 2 fully saturated rings. The molecule has 2 amide bonds. The van der Waals surface area contributed by atoms with Crippen LogP contribution in [0.4, 0.5) is 0 Å². The molecule has 7 nitrogen and oxygen atoms in total. The fourth-order valence-electron chi connectivity index (χ4n) is 3.20. The largest absolute Gasteiger partial charge is 0.481 e. The minimum Gasteiger partial charge on any atom is -0.481 e. The number of aromatic nitrogens is 1. The van der Waals surface area contributed by atoms with Crippen molar-refractivity contribution in [2.75, 3.05) is 19.6 Å². The second-order valence-corrected chi connectivity index (χ2v) is 6.10. The summed E-state index contributed by atoms with van der Waals surface area (Å²) >= 11 is 0.